The Morgan fingerprint density at radius 1 is 1.19 bits per heavy atom. The molecule has 1 amide bonds. The lowest BCUT2D eigenvalue weighted by molar-refractivity contribution is -0.145. The second-order valence-electron chi connectivity index (χ2n) is 6.42. The molecule has 0 saturated heterocycles. The van der Waals surface area contributed by atoms with E-state index in [4.69, 9.17) is 9.84 Å². The van der Waals surface area contributed by atoms with Crippen LogP contribution in [0.2, 0.25) is 0 Å². The average Bonchev–Trinajstić information content (AvgIpc) is 2.31. The first-order chi connectivity index (χ1) is 9.74. The molecule has 1 saturated carbocycles. The standard InChI is InChI=1S/C16H21NO4/c1-16(2,3)21-13-6-4-10(5-7-13)14(18)17-12-8-11(9-12)15(19)20/h4-7,11-12H,8-9H2,1-3H3,(H,17,18)(H,19,20). The van der Waals surface area contributed by atoms with E-state index in [2.05, 4.69) is 5.32 Å². The van der Waals surface area contributed by atoms with Gasteiger partial charge in [0.05, 0.1) is 5.92 Å². The summed E-state index contributed by atoms with van der Waals surface area (Å²) in [5, 5.41) is 11.6. The van der Waals surface area contributed by atoms with E-state index in [0.717, 1.165) is 0 Å². The topological polar surface area (TPSA) is 75.6 Å². The van der Waals surface area contributed by atoms with Crippen molar-refractivity contribution < 1.29 is 19.4 Å². The average molecular weight is 291 g/mol. The molecule has 0 unspecified atom stereocenters. The molecule has 2 N–H and O–H groups in total. The number of amides is 1. The van der Waals surface area contributed by atoms with Crippen molar-refractivity contribution in [2.24, 2.45) is 5.92 Å². The number of benzene rings is 1. The summed E-state index contributed by atoms with van der Waals surface area (Å²) >= 11 is 0. The number of ether oxygens (including phenoxy) is 1. The van der Waals surface area contributed by atoms with Gasteiger partial charge in [0.15, 0.2) is 0 Å². The van der Waals surface area contributed by atoms with Crippen LogP contribution in [-0.4, -0.2) is 28.6 Å². The molecule has 21 heavy (non-hydrogen) atoms. The van der Waals surface area contributed by atoms with Crippen molar-refractivity contribution in [2.75, 3.05) is 0 Å². The Morgan fingerprint density at radius 3 is 2.24 bits per heavy atom. The summed E-state index contributed by atoms with van der Waals surface area (Å²) in [7, 11) is 0. The third-order valence-electron chi connectivity index (χ3n) is 3.36. The highest BCUT2D eigenvalue weighted by Crippen LogP contribution is 2.27. The molecule has 0 aromatic heterocycles. The second kappa shape index (κ2) is 5.76. The van der Waals surface area contributed by atoms with E-state index in [9.17, 15) is 9.59 Å². The van der Waals surface area contributed by atoms with Gasteiger partial charge in [0, 0.05) is 11.6 Å². The van der Waals surface area contributed by atoms with E-state index in [1.165, 1.54) is 0 Å². The third-order valence-corrected chi connectivity index (χ3v) is 3.36. The lowest BCUT2D eigenvalue weighted by Crippen LogP contribution is -2.46. The van der Waals surface area contributed by atoms with Crippen molar-refractivity contribution in [3.63, 3.8) is 0 Å². The van der Waals surface area contributed by atoms with E-state index >= 15 is 0 Å². The Kier molecular flexibility index (Phi) is 4.21. The van der Waals surface area contributed by atoms with Crippen LogP contribution in [0.15, 0.2) is 24.3 Å². The summed E-state index contributed by atoms with van der Waals surface area (Å²) in [5.74, 6) is -0.568. The highest BCUT2D eigenvalue weighted by atomic mass is 16.5. The maximum absolute atomic E-state index is 12.0. The third kappa shape index (κ3) is 4.21. The number of carboxylic acid groups (broad SMARTS) is 1. The van der Waals surface area contributed by atoms with E-state index in [-0.39, 0.29) is 23.5 Å². The minimum Gasteiger partial charge on any atom is -0.488 e. The Morgan fingerprint density at radius 2 is 1.76 bits per heavy atom. The van der Waals surface area contributed by atoms with Gasteiger partial charge < -0.3 is 15.2 Å². The van der Waals surface area contributed by atoms with Crippen LogP contribution in [-0.2, 0) is 4.79 Å². The molecular weight excluding hydrogens is 270 g/mol. The number of hydrogen-bond donors (Lipinski definition) is 2. The van der Waals surface area contributed by atoms with E-state index in [0.29, 0.717) is 24.2 Å². The van der Waals surface area contributed by atoms with Gasteiger partial charge in [-0.2, -0.15) is 0 Å². The molecule has 1 aromatic rings. The molecular formula is C16H21NO4. The number of carbonyl (C=O) groups excluding carboxylic acids is 1. The molecule has 0 heterocycles. The Hall–Kier alpha value is -2.04. The van der Waals surface area contributed by atoms with Gasteiger partial charge in [-0.3, -0.25) is 9.59 Å². The SMILES string of the molecule is CC(C)(C)Oc1ccc(C(=O)NC2CC(C(=O)O)C2)cc1. The van der Waals surface area contributed by atoms with Gasteiger partial charge in [-0.15, -0.1) is 0 Å². The van der Waals surface area contributed by atoms with E-state index in [1.807, 2.05) is 20.8 Å². The zero-order valence-electron chi connectivity index (χ0n) is 12.6. The first kappa shape index (κ1) is 15.4. The van der Waals surface area contributed by atoms with Crippen molar-refractivity contribution >= 4 is 11.9 Å². The first-order valence-corrected chi connectivity index (χ1v) is 7.07. The van der Waals surface area contributed by atoms with Gasteiger partial charge >= 0.3 is 5.97 Å². The van der Waals surface area contributed by atoms with Crippen LogP contribution in [0.1, 0.15) is 44.0 Å². The molecule has 114 valence electrons. The summed E-state index contributed by atoms with van der Waals surface area (Å²) in [6, 6.07) is 6.92. The fourth-order valence-corrected chi connectivity index (χ4v) is 2.23. The van der Waals surface area contributed by atoms with Crippen LogP contribution >= 0.6 is 0 Å². The molecule has 2 rings (SSSR count). The van der Waals surface area contributed by atoms with Crippen LogP contribution in [0, 0.1) is 5.92 Å². The number of rotatable bonds is 4. The maximum Gasteiger partial charge on any atom is 0.306 e. The zero-order valence-corrected chi connectivity index (χ0v) is 12.6. The van der Waals surface area contributed by atoms with Crippen molar-refractivity contribution in [3.8, 4) is 5.75 Å². The molecule has 1 aromatic carbocycles. The normalized spacial score (nSPS) is 21.3. The predicted molar refractivity (Wildman–Crippen MR) is 78.4 cm³/mol. The van der Waals surface area contributed by atoms with E-state index < -0.39 is 5.97 Å². The van der Waals surface area contributed by atoms with Crippen LogP contribution < -0.4 is 10.1 Å². The lowest BCUT2D eigenvalue weighted by atomic mass is 9.80. The fraction of sp³-hybridized carbons (Fsp3) is 0.500. The number of aliphatic carboxylic acids is 1. The van der Waals surface area contributed by atoms with Crippen molar-refractivity contribution in [2.45, 2.75) is 45.3 Å². The largest absolute Gasteiger partial charge is 0.488 e. The molecule has 1 aliphatic carbocycles. The number of carboxylic acids is 1. The Bertz CT molecular complexity index is 524. The number of hydrogen-bond acceptors (Lipinski definition) is 3. The summed E-state index contributed by atoms with van der Waals surface area (Å²) in [5.41, 5.74) is 0.275. The quantitative estimate of drug-likeness (QED) is 0.893. The summed E-state index contributed by atoms with van der Waals surface area (Å²) in [6.07, 6.45) is 1.01. The number of carbonyl (C=O) groups is 2. The van der Waals surface area contributed by atoms with Crippen molar-refractivity contribution in [1.82, 2.24) is 5.32 Å². The van der Waals surface area contributed by atoms with Crippen LogP contribution in [0.25, 0.3) is 0 Å². The molecule has 0 atom stereocenters. The molecule has 1 aliphatic rings. The second-order valence-corrected chi connectivity index (χ2v) is 6.42. The first-order valence-electron chi connectivity index (χ1n) is 7.07. The minimum atomic E-state index is -0.788. The Labute approximate surface area is 124 Å². The van der Waals surface area contributed by atoms with Gasteiger partial charge in [-0.1, -0.05) is 0 Å². The van der Waals surface area contributed by atoms with Gasteiger partial charge in [0.1, 0.15) is 11.4 Å². The highest BCUT2D eigenvalue weighted by molar-refractivity contribution is 5.94. The maximum atomic E-state index is 12.0. The highest BCUT2D eigenvalue weighted by Gasteiger charge is 2.35. The molecule has 1 fully saturated rings. The van der Waals surface area contributed by atoms with Gasteiger partial charge in [-0.25, -0.2) is 0 Å². The molecule has 5 nitrogen and oxygen atoms in total. The molecule has 0 radical (unpaired) electrons. The zero-order chi connectivity index (χ0) is 15.6. The fourth-order valence-electron chi connectivity index (χ4n) is 2.23. The lowest BCUT2D eigenvalue weighted by Gasteiger charge is -2.32. The summed E-state index contributed by atoms with van der Waals surface area (Å²) in [6.45, 7) is 5.88. The van der Waals surface area contributed by atoms with Crippen molar-refractivity contribution in [1.29, 1.82) is 0 Å². The van der Waals surface area contributed by atoms with Crippen LogP contribution in [0.3, 0.4) is 0 Å². The summed E-state index contributed by atoms with van der Waals surface area (Å²) in [4.78, 5) is 22.7. The van der Waals surface area contributed by atoms with Gasteiger partial charge in [0.25, 0.3) is 5.91 Å². The van der Waals surface area contributed by atoms with Crippen LogP contribution in [0.4, 0.5) is 0 Å². The van der Waals surface area contributed by atoms with E-state index in [1.54, 1.807) is 24.3 Å². The number of nitrogens with one attached hydrogen (secondary N) is 1. The predicted octanol–water partition coefficient (Wildman–Crippen LogP) is 2.46. The van der Waals surface area contributed by atoms with Crippen LogP contribution in [0.5, 0.6) is 5.75 Å². The molecule has 5 heteroatoms. The Balaban J connectivity index is 1.88. The molecule has 0 bridgehead atoms. The summed E-state index contributed by atoms with van der Waals surface area (Å²) < 4.78 is 5.69. The molecule has 0 spiro atoms. The van der Waals surface area contributed by atoms with Crippen molar-refractivity contribution in [3.05, 3.63) is 29.8 Å². The van der Waals surface area contributed by atoms with Gasteiger partial charge in [-0.05, 0) is 57.9 Å². The molecule has 0 aliphatic heterocycles. The smallest absolute Gasteiger partial charge is 0.306 e. The monoisotopic (exact) mass is 291 g/mol. The van der Waals surface area contributed by atoms with Gasteiger partial charge in [0.2, 0.25) is 0 Å². The minimum absolute atomic E-state index is 0.0379.